The Kier molecular flexibility index (Phi) is 4.12. The van der Waals surface area contributed by atoms with Gasteiger partial charge in [0.15, 0.2) is 0 Å². The lowest BCUT2D eigenvalue weighted by Crippen LogP contribution is -2.36. The number of nitrogens with one attached hydrogen (secondary N) is 2. The number of hydrogen-bond donors (Lipinski definition) is 2. The molecule has 3 nitrogen and oxygen atoms in total. The van der Waals surface area contributed by atoms with Gasteiger partial charge in [-0.2, -0.15) is 0 Å². The van der Waals surface area contributed by atoms with Crippen molar-refractivity contribution in [2.24, 2.45) is 0 Å². The molecule has 2 rings (SSSR count). The van der Waals surface area contributed by atoms with Crippen LogP contribution in [0.25, 0.3) is 10.9 Å². The van der Waals surface area contributed by atoms with Gasteiger partial charge >= 0.3 is 0 Å². The second-order valence-corrected chi connectivity index (χ2v) is 5.80. The maximum Gasteiger partial charge on any atom is 0.220 e. The summed E-state index contributed by atoms with van der Waals surface area (Å²) in [5, 5.41) is 3.96. The summed E-state index contributed by atoms with van der Waals surface area (Å²) in [6.45, 7) is 6.70. The van der Waals surface area contributed by atoms with E-state index >= 15 is 0 Å². The zero-order valence-corrected chi connectivity index (χ0v) is 12.2. The molecule has 108 valence electrons. The van der Waals surface area contributed by atoms with Crippen molar-refractivity contribution in [2.75, 3.05) is 6.54 Å². The Morgan fingerprint density at radius 1 is 1.40 bits per heavy atom. The Bertz CT molecular complexity index is 616. The van der Waals surface area contributed by atoms with E-state index in [9.17, 15) is 9.18 Å². The highest BCUT2D eigenvalue weighted by Gasteiger charge is 2.24. The van der Waals surface area contributed by atoms with Crippen molar-refractivity contribution in [3.05, 3.63) is 35.8 Å². The number of halogens is 1. The molecule has 0 radical (unpaired) electrons. The quantitative estimate of drug-likeness (QED) is 0.862. The predicted octanol–water partition coefficient (Wildman–Crippen LogP) is 3.50. The lowest BCUT2D eigenvalue weighted by Gasteiger charge is -2.25. The van der Waals surface area contributed by atoms with Gasteiger partial charge in [-0.1, -0.05) is 20.8 Å². The summed E-state index contributed by atoms with van der Waals surface area (Å²) >= 11 is 0. The molecule has 0 atom stereocenters. The summed E-state index contributed by atoms with van der Waals surface area (Å²) in [4.78, 5) is 14.7. The fourth-order valence-electron chi connectivity index (χ4n) is 2.39. The molecule has 0 saturated carbocycles. The number of hydrogen-bond acceptors (Lipinski definition) is 1. The zero-order chi connectivity index (χ0) is 14.8. The highest BCUT2D eigenvalue weighted by Crippen LogP contribution is 2.30. The molecular weight excluding hydrogens is 255 g/mol. The summed E-state index contributed by atoms with van der Waals surface area (Å²) < 4.78 is 13.2. The fraction of sp³-hybridized carbons (Fsp3) is 0.438. The van der Waals surface area contributed by atoms with E-state index in [-0.39, 0.29) is 17.1 Å². The Balaban J connectivity index is 2.21. The number of aromatic nitrogens is 1. The van der Waals surface area contributed by atoms with Gasteiger partial charge in [0, 0.05) is 35.5 Å². The molecule has 1 heterocycles. The molecule has 0 fully saturated rings. The zero-order valence-electron chi connectivity index (χ0n) is 12.2. The van der Waals surface area contributed by atoms with Gasteiger partial charge in [-0.05, 0) is 30.2 Å². The van der Waals surface area contributed by atoms with Gasteiger partial charge in [-0.15, -0.1) is 0 Å². The van der Waals surface area contributed by atoms with Crippen molar-refractivity contribution in [3.8, 4) is 0 Å². The minimum absolute atomic E-state index is 0.0754. The van der Waals surface area contributed by atoms with Crippen LogP contribution < -0.4 is 5.32 Å². The third kappa shape index (κ3) is 3.00. The third-order valence-electron chi connectivity index (χ3n) is 3.58. The fourth-order valence-corrected chi connectivity index (χ4v) is 2.39. The molecule has 2 N–H and O–H groups in total. The van der Waals surface area contributed by atoms with Gasteiger partial charge in [0.05, 0.1) is 0 Å². The third-order valence-corrected chi connectivity index (χ3v) is 3.58. The normalized spacial score (nSPS) is 11.8. The van der Waals surface area contributed by atoms with E-state index in [2.05, 4.69) is 24.1 Å². The maximum atomic E-state index is 13.2. The maximum absolute atomic E-state index is 13.2. The molecule has 20 heavy (non-hydrogen) atoms. The van der Waals surface area contributed by atoms with Crippen LogP contribution >= 0.6 is 0 Å². The number of H-pyrrole nitrogens is 1. The molecule has 2 aromatic rings. The first-order chi connectivity index (χ1) is 9.44. The second kappa shape index (κ2) is 5.65. The minimum atomic E-state index is -0.250. The number of carbonyl (C=O) groups excluding carboxylic acids is 1. The summed E-state index contributed by atoms with van der Waals surface area (Å²) in [5.74, 6) is -0.175. The topological polar surface area (TPSA) is 44.9 Å². The smallest absolute Gasteiger partial charge is 0.220 e. The Labute approximate surface area is 118 Å². The lowest BCUT2D eigenvalue weighted by atomic mass is 9.84. The van der Waals surface area contributed by atoms with Crippen molar-refractivity contribution in [1.29, 1.82) is 0 Å². The van der Waals surface area contributed by atoms with Crippen molar-refractivity contribution in [2.45, 2.75) is 39.0 Å². The number of rotatable bonds is 5. The first-order valence-corrected chi connectivity index (χ1v) is 6.98. The van der Waals surface area contributed by atoms with Gasteiger partial charge in [0.2, 0.25) is 5.91 Å². The molecule has 1 aromatic carbocycles. The van der Waals surface area contributed by atoms with E-state index in [0.29, 0.717) is 13.0 Å². The predicted molar refractivity (Wildman–Crippen MR) is 79.2 cm³/mol. The standard InChI is InChI=1S/C16H21FN2O/c1-4-5-15(20)19-10-16(2,3)13-9-18-14-8-11(17)6-7-12(13)14/h6-9,18H,4-5,10H2,1-3H3,(H,19,20). The number of aromatic amines is 1. The Morgan fingerprint density at radius 3 is 2.85 bits per heavy atom. The van der Waals surface area contributed by atoms with Crippen LogP contribution in [-0.4, -0.2) is 17.4 Å². The summed E-state index contributed by atoms with van der Waals surface area (Å²) in [7, 11) is 0. The highest BCUT2D eigenvalue weighted by molar-refractivity contribution is 5.84. The van der Waals surface area contributed by atoms with E-state index in [1.165, 1.54) is 12.1 Å². The Morgan fingerprint density at radius 2 is 2.15 bits per heavy atom. The van der Waals surface area contributed by atoms with Gasteiger partial charge in [0.1, 0.15) is 5.82 Å². The molecule has 0 bridgehead atoms. The summed E-state index contributed by atoms with van der Waals surface area (Å²) in [6, 6.07) is 4.74. The lowest BCUT2D eigenvalue weighted by molar-refractivity contribution is -0.121. The number of amides is 1. The summed E-state index contributed by atoms with van der Waals surface area (Å²) in [5.41, 5.74) is 1.66. The SMILES string of the molecule is CCCC(=O)NCC(C)(C)c1c[nH]c2cc(F)ccc12. The molecule has 1 aromatic heterocycles. The van der Waals surface area contributed by atoms with Crippen LogP contribution in [0.1, 0.15) is 39.2 Å². The molecular formula is C16H21FN2O. The first-order valence-electron chi connectivity index (χ1n) is 6.98. The molecule has 0 spiro atoms. The van der Waals surface area contributed by atoms with E-state index in [1.807, 2.05) is 13.1 Å². The van der Waals surface area contributed by atoms with Crippen LogP contribution in [0, 0.1) is 5.82 Å². The molecule has 0 aliphatic carbocycles. The van der Waals surface area contributed by atoms with Crippen LogP contribution in [0.3, 0.4) is 0 Å². The Hall–Kier alpha value is -1.84. The van der Waals surface area contributed by atoms with Crippen LogP contribution in [0.5, 0.6) is 0 Å². The van der Waals surface area contributed by atoms with Crippen LogP contribution in [0.15, 0.2) is 24.4 Å². The molecule has 0 saturated heterocycles. The van der Waals surface area contributed by atoms with Gasteiger partial charge in [-0.3, -0.25) is 4.79 Å². The highest BCUT2D eigenvalue weighted by atomic mass is 19.1. The average molecular weight is 276 g/mol. The second-order valence-electron chi connectivity index (χ2n) is 5.80. The van der Waals surface area contributed by atoms with E-state index in [1.54, 1.807) is 6.07 Å². The summed E-state index contributed by atoms with van der Waals surface area (Å²) in [6.07, 6.45) is 3.30. The minimum Gasteiger partial charge on any atom is -0.361 e. The van der Waals surface area contributed by atoms with Gasteiger partial charge < -0.3 is 10.3 Å². The van der Waals surface area contributed by atoms with Crippen LogP contribution in [-0.2, 0) is 10.2 Å². The number of fused-ring (bicyclic) bond motifs is 1. The van der Waals surface area contributed by atoms with Crippen LogP contribution in [0.4, 0.5) is 4.39 Å². The molecule has 1 amide bonds. The molecule has 0 aliphatic heterocycles. The van der Waals surface area contributed by atoms with Crippen molar-refractivity contribution in [1.82, 2.24) is 10.3 Å². The first kappa shape index (κ1) is 14.6. The number of carbonyl (C=O) groups is 1. The van der Waals surface area contributed by atoms with Crippen molar-refractivity contribution >= 4 is 16.8 Å². The van der Waals surface area contributed by atoms with E-state index in [0.717, 1.165) is 22.9 Å². The average Bonchev–Trinajstić information content (AvgIpc) is 2.80. The van der Waals surface area contributed by atoms with E-state index < -0.39 is 0 Å². The molecule has 0 aliphatic rings. The van der Waals surface area contributed by atoms with Gasteiger partial charge in [-0.25, -0.2) is 4.39 Å². The van der Waals surface area contributed by atoms with Crippen molar-refractivity contribution in [3.63, 3.8) is 0 Å². The number of benzene rings is 1. The van der Waals surface area contributed by atoms with Crippen molar-refractivity contribution < 1.29 is 9.18 Å². The monoisotopic (exact) mass is 276 g/mol. The van der Waals surface area contributed by atoms with E-state index in [4.69, 9.17) is 0 Å². The molecule has 4 heteroatoms. The van der Waals surface area contributed by atoms with Gasteiger partial charge in [0.25, 0.3) is 0 Å². The molecule has 0 unspecified atom stereocenters. The largest absolute Gasteiger partial charge is 0.361 e. The van der Waals surface area contributed by atoms with Crippen LogP contribution in [0.2, 0.25) is 0 Å².